The highest BCUT2D eigenvalue weighted by molar-refractivity contribution is 9.10. The molecule has 0 aromatic heterocycles. The standard InChI is InChI=1S/C13H8BrClN2O/c14-9-1-4-13(8(5-9)7-16)18-10-2-3-12(17)11(15)6-10/h1-6H,17H2. The second-order valence-electron chi connectivity index (χ2n) is 3.54. The van der Waals surface area contributed by atoms with Crippen LogP contribution in [-0.2, 0) is 0 Å². The topological polar surface area (TPSA) is 59.0 Å². The van der Waals surface area contributed by atoms with Gasteiger partial charge in [-0.15, -0.1) is 0 Å². The minimum Gasteiger partial charge on any atom is -0.456 e. The number of nitrogen functional groups attached to an aromatic ring is 1. The van der Waals surface area contributed by atoms with Crippen LogP contribution in [0.1, 0.15) is 5.56 Å². The zero-order valence-electron chi connectivity index (χ0n) is 9.15. The van der Waals surface area contributed by atoms with E-state index < -0.39 is 0 Å². The van der Waals surface area contributed by atoms with E-state index in [4.69, 9.17) is 27.3 Å². The van der Waals surface area contributed by atoms with Crippen LogP contribution in [0, 0.1) is 11.3 Å². The van der Waals surface area contributed by atoms with E-state index in [0.717, 1.165) is 4.47 Å². The van der Waals surface area contributed by atoms with Gasteiger partial charge in [-0.3, -0.25) is 0 Å². The summed E-state index contributed by atoms with van der Waals surface area (Å²) in [5, 5.41) is 9.44. The minimum absolute atomic E-state index is 0.420. The van der Waals surface area contributed by atoms with Gasteiger partial charge in [-0.05, 0) is 30.3 Å². The van der Waals surface area contributed by atoms with Crippen LogP contribution < -0.4 is 10.5 Å². The molecule has 0 atom stereocenters. The van der Waals surface area contributed by atoms with Crippen LogP contribution in [-0.4, -0.2) is 0 Å². The number of halogens is 2. The SMILES string of the molecule is N#Cc1cc(Br)ccc1Oc1ccc(N)c(Cl)c1. The zero-order valence-corrected chi connectivity index (χ0v) is 11.5. The Balaban J connectivity index is 2.34. The first kappa shape index (κ1) is 12.7. The molecule has 2 N–H and O–H groups in total. The van der Waals surface area contributed by atoms with Crippen molar-refractivity contribution >= 4 is 33.2 Å². The van der Waals surface area contributed by atoms with Gasteiger partial charge in [0.1, 0.15) is 17.6 Å². The highest BCUT2D eigenvalue weighted by Gasteiger charge is 2.06. The normalized spacial score (nSPS) is 9.83. The van der Waals surface area contributed by atoms with Crippen LogP contribution in [0.15, 0.2) is 40.9 Å². The molecule has 0 saturated carbocycles. The molecule has 0 fully saturated rings. The lowest BCUT2D eigenvalue weighted by Gasteiger charge is -2.08. The largest absolute Gasteiger partial charge is 0.456 e. The summed E-state index contributed by atoms with van der Waals surface area (Å²) in [6.07, 6.45) is 0. The van der Waals surface area contributed by atoms with Crippen molar-refractivity contribution in [3.63, 3.8) is 0 Å². The fourth-order valence-electron chi connectivity index (χ4n) is 1.38. The minimum atomic E-state index is 0.420. The van der Waals surface area contributed by atoms with E-state index in [1.165, 1.54) is 0 Å². The predicted octanol–water partition coefficient (Wildman–Crippen LogP) is 4.35. The smallest absolute Gasteiger partial charge is 0.145 e. The van der Waals surface area contributed by atoms with Crippen molar-refractivity contribution in [3.05, 3.63) is 51.5 Å². The van der Waals surface area contributed by atoms with E-state index in [1.807, 2.05) is 0 Å². The summed E-state index contributed by atoms with van der Waals surface area (Å²) in [5.41, 5.74) is 6.54. The number of hydrogen-bond donors (Lipinski definition) is 1. The highest BCUT2D eigenvalue weighted by Crippen LogP contribution is 2.30. The molecule has 0 saturated heterocycles. The van der Waals surface area contributed by atoms with Crippen molar-refractivity contribution < 1.29 is 4.74 Å². The van der Waals surface area contributed by atoms with Gasteiger partial charge in [-0.25, -0.2) is 0 Å². The van der Waals surface area contributed by atoms with E-state index in [-0.39, 0.29) is 0 Å². The molecular formula is C13H8BrClN2O. The molecule has 0 radical (unpaired) electrons. The van der Waals surface area contributed by atoms with Crippen LogP contribution in [0.2, 0.25) is 5.02 Å². The predicted molar refractivity (Wildman–Crippen MR) is 74.8 cm³/mol. The average molecular weight is 324 g/mol. The maximum atomic E-state index is 9.02. The van der Waals surface area contributed by atoms with Crippen LogP contribution in [0.5, 0.6) is 11.5 Å². The van der Waals surface area contributed by atoms with E-state index in [0.29, 0.717) is 27.8 Å². The van der Waals surface area contributed by atoms with Crippen molar-refractivity contribution in [2.75, 3.05) is 5.73 Å². The molecular weight excluding hydrogens is 316 g/mol. The molecule has 0 spiro atoms. The van der Waals surface area contributed by atoms with E-state index in [9.17, 15) is 0 Å². The first-order valence-corrected chi connectivity index (χ1v) is 6.20. The van der Waals surface area contributed by atoms with E-state index >= 15 is 0 Å². The summed E-state index contributed by atoms with van der Waals surface area (Å²) in [6, 6.07) is 12.2. The van der Waals surface area contributed by atoms with Crippen LogP contribution >= 0.6 is 27.5 Å². The molecule has 0 aliphatic heterocycles. The Kier molecular flexibility index (Phi) is 3.75. The number of anilines is 1. The molecule has 0 bridgehead atoms. The number of rotatable bonds is 2. The summed E-state index contributed by atoms with van der Waals surface area (Å²) < 4.78 is 6.43. The van der Waals surface area contributed by atoms with Gasteiger partial charge in [0.05, 0.1) is 16.3 Å². The first-order valence-electron chi connectivity index (χ1n) is 5.02. The van der Waals surface area contributed by atoms with Gasteiger partial charge in [0.15, 0.2) is 0 Å². The third-order valence-electron chi connectivity index (χ3n) is 2.26. The lowest BCUT2D eigenvalue weighted by Crippen LogP contribution is -1.90. The Hall–Kier alpha value is -1.70. The van der Waals surface area contributed by atoms with Crippen molar-refractivity contribution in [3.8, 4) is 17.6 Å². The molecule has 90 valence electrons. The maximum Gasteiger partial charge on any atom is 0.145 e. The molecule has 2 rings (SSSR count). The Bertz CT molecular complexity index is 637. The fourth-order valence-corrected chi connectivity index (χ4v) is 1.91. The summed E-state index contributed by atoms with van der Waals surface area (Å²) in [7, 11) is 0. The summed E-state index contributed by atoms with van der Waals surface area (Å²) in [6.45, 7) is 0. The maximum absolute atomic E-state index is 9.02. The lowest BCUT2D eigenvalue weighted by atomic mass is 10.2. The highest BCUT2D eigenvalue weighted by atomic mass is 79.9. The number of benzene rings is 2. The number of ether oxygens (including phenoxy) is 1. The monoisotopic (exact) mass is 322 g/mol. The fraction of sp³-hybridized carbons (Fsp3) is 0. The Morgan fingerprint density at radius 1 is 1.22 bits per heavy atom. The molecule has 18 heavy (non-hydrogen) atoms. The van der Waals surface area contributed by atoms with Gasteiger partial charge >= 0.3 is 0 Å². The van der Waals surface area contributed by atoms with Crippen LogP contribution in [0.25, 0.3) is 0 Å². The lowest BCUT2D eigenvalue weighted by molar-refractivity contribution is 0.481. The van der Waals surface area contributed by atoms with Crippen molar-refractivity contribution in [2.45, 2.75) is 0 Å². The summed E-state index contributed by atoms with van der Waals surface area (Å²) in [5.74, 6) is 1.01. The molecule has 0 aliphatic carbocycles. The van der Waals surface area contributed by atoms with Crippen molar-refractivity contribution in [1.82, 2.24) is 0 Å². The quantitative estimate of drug-likeness (QED) is 0.836. The second-order valence-corrected chi connectivity index (χ2v) is 4.86. The number of nitrogens with two attached hydrogens (primary N) is 1. The number of nitriles is 1. The summed E-state index contributed by atoms with van der Waals surface area (Å²) in [4.78, 5) is 0. The van der Waals surface area contributed by atoms with Crippen LogP contribution in [0.4, 0.5) is 5.69 Å². The van der Waals surface area contributed by atoms with Gasteiger partial charge < -0.3 is 10.5 Å². The molecule has 2 aromatic carbocycles. The number of hydrogen-bond acceptors (Lipinski definition) is 3. The molecule has 5 heteroatoms. The molecule has 0 unspecified atom stereocenters. The molecule has 3 nitrogen and oxygen atoms in total. The van der Waals surface area contributed by atoms with Gasteiger partial charge in [0, 0.05) is 10.5 Å². The molecule has 0 amide bonds. The Labute approximate surface area is 118 Å². The Morgan fingerprint density at radius 3 is 2.67 bits per heavy atom. The van der Waals surface area contributed by atoms with Gasteiger partial charge in [0.2, 0.25) is 0 Å². The van der Waals surface area contributed by atoms with Crippen molar-refractivity contribution in [2.24, 2.45) is 0 Å². The number of nitrogens with zero attached hydrogens (tertiary/aromatic N) is 1. The first-order chi connectivity index (χ1) is 8.60. The zero-order chi connectivity index (χ0) is 13.1. The van der Waals surface area contributed by atoms with Gasteiger partial charge in [-0.2, -0.15) is 5.26 Å². The third-order valence-corrected chi connectivity index (χ3v) is 3.08. The van der Waals surface area contributed by atoms with Crippen molar-refractivity contribution in [1.29, 1.82) is 5.26 Å². The Morgan fingerprint density at radius 2 is 2.00 bits per heavy atom. The van der Waals surface area contributed by atoms with E-state index in [1.54, 1.807) is 36.4 Å². The second kappa shape index (κ2) is 5.30. The summed E-state index contributed by atoms with van der Waals surface area (Å²) >= 11 is 9.20. The van der Waals surface area contributed by atoms with Gasteiger partial charge in [0.25, 0.3) is 0 Å². The van der Waals surface area contributed by atoms with Crippen LogP contribution in [0.3, 0.4) is 0 Å². The molecule has 0 aliphatic rings. The van der Waals surface area contributed by atoms with Gasteiger partial charge in [-0.1, -0.05) is 27.5 Å². The third kappa shape index (κ3) is 2.76. The van der Waals surface area contributed by atoms with E-state index in [2.05, 4.69) is 22.0 Å². The molecule has 2 aromatic rings. The molecule has 0 heterocycles. The average Bonchev–Trinajstić information content (AvgIpc) is 2.36.